The van der Waals surface area contributed by atoms with E-state index in [1.807, 2.05) is 12.1 Å². The first kappa shape index (κ1) is 11.1. The molecular formula is C13H14FNOS. The van der Waals surface area contributed by atoms with E-state index in [1.165, 1.54) is 6.26 Å². The highest BCUT2D eigenvalue weighted by Gasteiger charge is 2.26. The lowest BCUT2D eigenvalue weighted by Crippen LogP contribution is -2.37. The molecule has 1 N–H and O–H groups in total. The van der Waals surface area contributed by atoms with Crippen molar-refractivity contribution in [3.05, 3.63) is 35.8 Å². The molecule has 2 unspecified atom stereocenters. The first-order valence-corrected chi connectivity index (χ1v) is 6.83. The van der Waals surface area contributed by atoms with E-state index in [-0.39, 0.29) is 17.1 Å². The van der Waals surface area contributed by atoms with Gasteiger partial charge in [-0.1, -0.05) is 12.1 Å². The molecule has 4 heteroatoms. The zero-order chi connectivity index (χ0) is 11.8. The number of thioether (sulfide) groups is 1. The summed E-state index contributed by atoms with van der Waals surface area (Å²) >= 11 is 1.81. The van der Waals surface area contributed by atoms with Gasteiger partial charge in [-0.2, -0.15) is 11.8 Å². The van der Waals surface area contributed by atoms with Gasteiger partial charge in [0.2, 0.25) is 0 Å². The molecule has 3 rings (SSSR count). The van der Waals surface area contributed by atoms with Crippen LogP contribution in [-0.4, -0.2) is 18.3 Å². The topological polar surface area (TPSA) is 25.2 Å². The Kier molecular flexibility index (Phi) is 2.84. The highest BCUT2D eigenvalue weighted by atomic mass is 32.2. The van der Waals surface area contributed by atoms with Gasteiger partial charge in [-0.3, -0.25) is 0 Å². The van der Waals surface area contributed by atoms with Gasteiger partial charge in [-0.05, 0) is 13.0 Å². The molecule has 1 fully saturated rings. The van der Waals surface area contributed by atoms with Crippen LogP contribution >= 0.6 is 11.8 Å². The van der Waals surface area contributed by atoms with Crippen molar-refractivity contribution >= 4 is 22.7 Å². The van der Waals surface area contributed by atoms with E-state index in [0.717, 1.165) is 23.2 Å². The molecule has 1 aliphatic rings. The summed E-state index contributed by atoms with van der Waals surface area (Å²) in [4.78, 5) is 0. The summed E-state index contributed by atoms with van der Waals surface area (Å²) in [7, 11) is 0. The van der Waals surface area contributed by atoms with Crippen LogP contribution < -0.4 is 5.32 Å². The molecule has 0 amide bonds. The molecule has 17 heavy (non-hydrogen) atoms. The molecule has 1 aromatic heterocycles. The monoisotopic (exact) mass is 251 g/mol. The van der Waals surface area contributed by atoms with Gasteiger partial charge in [0, 0.05) is 34.5 Å². The van der Waals surface area contributed by atoms with Crippen molar-refractivity contribution in [3.8, 4) is 0 Å². The molecule has 1 aliphatic heterocycles. The van der Waals surface area contributed by atoms with Crippen molar-refractivity contribution in [2.45, 2.75) is 18.2 Å². The molecule has 0 spiro atoms. The highest BCUT2D eigenvalue weighted by molar-refractivity contribution is 7.99. The Morgan fingerprint density at radius 2 is 2.29 bits per heavy atom. The maximum absolute atomic E-state index is 14.3. The van der Waals surface area contributed by atoms with Crippen LogP contribution in [0.5, 0.6) is 0 Å². The van der Waals surface area contributed by atoms with Crippen LogP contribution in [0.15, 0.2) is 28.9 Å². The summed E-state index contributed by atoms with van der Waals surface area (Å²) in [6.45, 7) is 3.09. The molecule has 2 nitrogen and oxygen atoms in total. The van der Waals surface area contributed by atoms with E-state index in [9.17, 15) is 4.39 Å². The fraction of sp³-hybridized carbons (Fsp3) is 0.385. The lowest BCUT2D eigenvalue weighted by atomic mass is 10.0. The average molecular weight is 251 g/mol. The number of hydrogen-bond donors (Lipinski definition) is 1. The zero-order valence-corrected chi connectivity index (χ0v) is 10.4. The van der Waals surface area contributed by atoms with Crippen LogP contribution in [-0.2, 0) is 0 Å². The van der Waals surface area contributed by atoms with Gasteiger partial charge in [0.15, 0.2) is 11.4 Å². The number of rotatable bonds is 1. The summed E-state index contributed by atoms with van der Waals surface area (Å²) in [6.07, 6.45) is 1.53. The van der Waals surface area contributed by atoms with Gasteiger partial charge in [0.1, 0.15) is 0 Å². The third-order valence-electron chi connectivity index (χ3n) is 3.22. The molecule has 0 bridgehead atoms. The third kappa shape index (κ3) is 1.85. The van der Waals surface area contributed by atoms with Crippen LogP contribution in [0.1, 0.15) is 17.7 Å². The van der Waals surface area contributed by atoms with Gasteiger partial charge in [0.25, 0.3) is 0 Å². The van der Waals surface area contributed by atoms with E-state index in [1.54, 1.807) is 17.8 Å². The molecule has 90 valence electrons. The SMILES string of the molecule is CC1NCCSC1c1ccc2ccoc2c1F. The lowest BCUT2D eigenvalue weighted by Gasteiger charge is -2.30. The van der Waals surface area contributed by atoms with Gasteiger partial charge in [0.05, 0.1) is 6.26 Å². The second-order valence-electron chi connectivity index (χ2n) is 4.34. The zero-order valence-electron chi connectivity index (χ0n) is 9.57. The van der Waals surface area contributed by atoms with Crippen molar-refractivity contribution in [3.63, 3.8) is 0 Å². The van der Waals surface area contributed by atoms with Gasteiger partial charge < -0.3 is 9.73 Å². The molecule has 2 aromatic rings. The molecule has 2 heterocycles. The fourth-order valence-corrected chi connectivity index (χ4v) is 3.55. The lowest BCUT2D eigenvalue weighted by molar-refractivity contribution is 0.512. The van der Waals surface area contributed by atoms with Crippen molar-refractivity contribution in [1.29, 1.82) is 0 Å². The van der Waals surface area contributed by atoms with Gasteiger partial charge in [-0.15, -0.1) is 0 Å². The summed E-state index contributed by atoms with van der Waals surface area (Å²) < 4.78 is 19.5. The predicted molar refractivity (Wildman–Crippen MR) is 68.8 cm³/mol. The molecule has 0 radical (unpaired) electrons. The Balaban J connectivity index is 2.06. The number of nitrogens with one attached hydrogen (secondary N) is 1. The number of halogens is 1. The Labute approximate surface area is 104 Å². The fourth-order valence-electron chi connectivity index (χ4n) is 2.32. The first-order valence-electron chi connectivity index (χ1n) is 5.78. The van der Waals surface area contributed by atoms with Crippen LogP contribution in [0.4, 0.5) is 4.39 Å². The summed E-state index contributed by atoms with van der Waals surface area (Å²) in [5, 5.41) is 4.37. The number of fused-ring (bicyclic) bond motifs is 1. The maximum Gasteiger partial charge on any atom is 0.170 e. The number of hydrogen-bond acceptors (Lipinski definition) is 3. The quantitative estimate of drug-likeness (QED) is 0.841. The van der Waals surface area contributed by atoms with E-state index in [0.29, 0.717) is 5.58 Å². The van der Waals surface area contributed by atoms with Crippen LogP contribution in [0.2, 0.25) is 0 Å². The second-order valence-corrected chi connectivity index (χ2v) is 5.59. The van der Waals surface area contributed by atoms with Crippen LogP contribution in [0.25, 0.3) is 11.0 Å². The minimum atomic E-state index is -0.208. The Hall–Kier alpha value is -1.00. The van der Waals surface area contributed by atoms with Crippen LogP contribution in [0.3, 0.4) is 0 Å². The van der Waals surface area contributed by atoms with Crippen LogP contribution in [0, 0.1) is 5.82 Å². The first-order chi connectivity index (χ1) is 8.27. The largest absolute Gasteiger partial charge is 0.461 e. The number of benzene rings is 1. The van der Waals surface area contributed by atoms with E-state index >= 15 is 0 Å². The van der Waals surface area contributed by atoms with Crippen molar-refractivity contribution < 1.29 is 8.81 Å². The smallest absolute Gasteiger partial charge is 0.170 e. The Morgan fingerprint density at radius 1 is 1.41 bits per heavy atom. The van der Waals surface area contributed by atoms with E-state index in [2.05, 4.69) is 12.2 Å². The highest BCUT2D eigenvalue weighted by Crippen LogP contribution is 2.37. The van der Waals surface area contributed by atoms with Crippen molar-refractivity contribution in [2.24, 2.45) is 0 Å². The van der Waals surface area contributed by atoms with Crippen molar-refractivity contribution in [1.82, 2.24) is 5.32 Å². The predicted octanol–water partition coefficient (Wildman–Crippen LogP) is 3.34. The average Bonchev–Trinajstić information content (AvgIpc) is 2.80. The minimum Gasteiger partial charge on any atom is -0.461 e. The van der Waals surface area contributed by atoms with Gasteiger partial charge >= 0.3 is 0 Å². The Morgan fingerprint density at radius 3 is 3.12 bits per heavy atom. The Bertz CT molecular complexity index is 539. The molecule has 0 aliphatic carbocycles. The molecule has 2 atom stereocenters. The summed E-state index contributed by atoms with van der Waals surface area (Å²) in [5.41, 5.74) is 1.12. The number of furan rings is 1. The van der Waals surface area contributed by atoms with E-state index in [4.69, 9.17) is 4.42 Å². The molecular weight excluding hydrogens is 237 g/mol. The standard InChI is InChI=1S/C13H14FNOS/c1-8-13(17-7-5-15-8)10-3-2-9-4-6-16-12(9)11(10)14/h2-4,6,8,13,15H,5,7H2,1H3. The minimum absolute atomic E-state index is 0.165. The second kappa shape index (κ2) is 4.35. The molecule has 1 aromatic carbocycles. The summed E-state index contributed by atoms with van der Waals surface area (Å²) in [5.74, 6) is 0.811. The van der Waals surface area contributed by atoms with Crippen molar-refractivity contribution in [2.75, 3.05) is 12.3 Å². The summed E-state index contributed by atoms with van der Waals surface area (Å²) in [6, 6.07) is 5.89. The molecule has 0 saturated carbocycles. The molecule has 1 saturated heterocycles. The maximum atomic E-state index is 14.3. The normalized spacial score (nSPS) is 25.3. The third-order valence-corrected chi connectivity index (χ3v) is 4.68. The van der Waals surface area contributed by atoms with Gasteiger partial charge in [-0.25, -0.2) is 4.39 Å². The van der Waals surface area contributed by atoms with E-state index < -0.39 is 0 Å².